The van der Waals surface area contributed by atoms with Gasteiger partial charge in [-0.1, -0.05) is 36.6 Å². The quantitative estimate of drug-likeness (QED) is 0.387. The summed E-state index contributed by atoms with van der Waals surface area (Å²) in [6.45, 7) is 2.86. The number of likely N-dealkylation sites (N-methyl/N-ethyl adjacent to an activating group) is 1. The van der Waals surface area contributed by atoms with Gasteiger partial charge in [0.1, 0.15) is 6.61 Å². The molecule has 0 saturated heterocycles. The second-order valence-electron chi connectivity index (χ2n) is 10.0. The molecule has 1 N–H and O–H groups in total. The van der Waals surface area contributed by atoms with Gasteiger partial charge in [-0.2, -0.15) is 4.31 Å². The van der Waals surface area contributed by atoms with E-state index in [1.807, 2.05) is 18.3 Å². The van der Waals surface area contributed by atoms with Crippen molar-refractivity contribution in [3.8, 4) is 0 Å². The molecule has 1 unspecified atom stereocenters. The predicted octanol–water partition coefficient (Wildman–Crippen LogP) is 4.31. The minimum absolute atomic E-state index is 0.0590. The topological polar surface area (TPSA) is 78.9 Å². The molecule has 1 heterocycles. The monoisotopic (exact) mass is 535 g/mol. The van der Waals surface area contributed by atoms with Crippen molar-refractivity contribution in [3.05, 3.63) is 52.2 Å². The zero-order valence-corrected chi connectivity index (χ0v) is 23.6. The molecule has 0 radical (unpaired) electrons. The summed E-state index contributed by atoms with van der Waals surface area (Å²) in [5.41, 5.74) is 1.01. The van der Waals surface area contributed by atoms with Gasteiger partial charge in [0, 0.05) is 31.1 Å². The molecule has 36 heavy (non-hydrogen) atoms. The third-order valence-electron chi connectivity index (χ3n) is 7.12. The Morgan fingerprint density at radius 1 is 1.11 bits per heavy atom. The number of hydrogen-bond acceptors (Lipinski definition) is 6. The van der Waals surface area contributed by atoms with Gasteiger partial charge in [0.25, 0.3) is 0 Å². The van der Waals surface area contributed by atoms with E-state index in [9.17, 15) is 13.2 Å². The number of hydrogen-bond donors (Lipinski definition) is 1. The van der Waals surface area contributed by atoms with E-state index in [-0.39, 0.29) is 30.6 Å². The molecule has 1 aromatic heterocycles. The number of nitrogens with zero attached hydrogens (tertiary/aromatic N) is 2. The minimum Gasteiger partial charge on any atom is -0.370 e. The Hall–Kier alpha value is -1.78. The first-order valence-electron chi connectivity index (χ1n) is 12.8. The van der Waals surface area contributed by atoms with Crippen LogP contribution in [0.4, 0.5) is 0 Å². The molecule has 1 fully saturated rings. The Morgan fingerprint density at radius 2 is 1.81 bits per heavy atom. The molecule has 1 aromatic carbocycles. The van der Waals surface area contributed by atoms with Crippen LogP contribution in [0.3, 0.4) is 0 Å². The van der Waals surface area contributed by atoms with Crippen molar-refractivity contribution in [1.29, 1.82) is 0 Å². The van der Waals surface area contributed by atoms with E-state index in [4.69, 9.17) is 4.74 Å². The van der Waals surface area contributed by atoms with Crippen LogP contribution in [0.5, 0.6) is 0 Å². The lowest BCUT2D eigenvalue weighted by Crippen LogP contribution is -2.33. The van der Waals surface area contributed by atoms with Gasteiger partial charge >= 0.3 is 0 Å². The highest BCUT2D eigenvalue weighted by molar-refractivity contribution is 7.89. The van der Waals surface area contributed by atoms with Crippen LogP contribution in [0.15, 0.2) is 46.7 Å². The van der Waals surface area contributed by atoms with Crippen molar-refractivity contribution < 1.29 is 17.9 Å². The highest BCUT2D eigenvalue weighted by Gasteiger charge is 2.30. The molecule has 1 amide bonds. The predicted molar refractivity (Wildman–Crippen MR) is 146 cm³/mol. The largest absolute Gasteiger partial charge is 0.370 e. The van der Waals surface area contributed by atoms with Gasteiger partial charge in [-0.3, -0.25) is 4.79 Å². The molecule has 0 aliphatic heterocycles. The van der Waals surface area contributed by atoms with Crippen LogP contribution < -0.4 is 5.32 Å². The molecule has 2 aromatic rings. The highest BCUT2D eigenvalue weighted by Crippen LogP contribution is 2.41. The molecule has 7 nitrogen and oxygen atoms in total. The summed E-state index contributed by atoms with van der Waals surface area (Å²) in [5.74, 6) is 1.18. The lowest BCUT2D eigenvalue weighted by atomic mass is 9.76. The first-order chi connectivity index (χ1) is 17.2. The summed E-state index contributed by atoms with van der Waals surface area (Å²) in [4.78, 5) is 16.2. The number of nitrogens with one attached hydrogen (secondary N) is 1. The fraction of sp³-hybridized carbons (Fsp3) is 0.593. The smallest absolute Gasteiger partial charge is 0.245 e. The maximum absolute atomic E-state index is 12.6. The molecular formula is C27H41N3O4S2. The van der Waals surface area contributed by atoms with Crippen molar-refractivity contribution in [3.63, 3.8) is 0 Å². The van der Waals surface area contributed by atoms with E-state index in [1.165, 1.54) is 41.9 Å². The second kappa shape index (κ2) is 13.7. The number of amides is 1. The van der Waals surface area contributed by atoms with Crippen molar-refractivity contribution in [2.24, 2.45) is 11.8 Å². The Labute approximate surface area is 220 Å². The van der Waals surface area contributed by atoms with Crippen LogP contribution in [0.25, 0.3) is 0 Å². The second-order valence-corrected chi connectivity index (χ2v) is 13.1. The van der Waals surface area contributed by atoms with E-state index in [0.29, 0.717) is 24.4 Å². The van der Waals surface area contributed by atoms with Gasteiger partial charge < -0.3 is 15.0 Å². The number of rotatable bonds is 13. The average molecular weight is 536 g/mol. The fourth-order valence-electron chi connectivity index (χ4n) is 5.00. The summed E-state index contributed by atoms with van der Waals surface area (Å²) in [5, 5.41) is 5.11. The minimum atomic E-state index is -3.56. The van der Waals surface area contributed by atoms with Crippen LogP contribution in [0, 0.1) is 18.8 Å². The molecule has 1 saturated carbocycles. The standard InChI is InChI=1S/C27H41N3O4S2/c1-21-7-13-24(14-8-21)36(32,33)30(4)17-18-34-20-26(31)28-16-15-22-9-11-23(12-10-22)27(29(2)3)25-6-5-19-35-25/h5-8,13-14,19,22-23,27H,9-12,15-18,20H2,1-4H3,(H,28,31). The normalized spacial score (nSPS) is 19.5. The maximum atomic E-state index is 12.6. The van der Waals surface area contributed by atoms with Gasteiger partial charge in [-0.15, -0.1) is 11.3 Å². The number of carbonyl (C=O) groups is 1. The number of carbonyl (C=O) groups excluding carboxylic acids is 1. The highest BCUT2D eigenvalue weighted by atomic mass is 32.2. The van der Waals surface area contributed by atoms with Crippen LogP contribution in [0.2, 0.25) is 0 Å². The molecule has 0 spiro atoms. The summed E-state index contributed by atoms with van der Waals surface area (Å²) in [6.07, 6.45) is 5.84. The molecule has 0 bridgehead atoms. The van der Waals surface area contributed by atoms with Crippen LogP contribution in [-0.2, 0) is 19.6 Å². The Morgan fingerprint density at radius 3 is 2.42 bits per heavy atom. The zero-order chi connectivity index (χ0) is 26.1. The lowest BCUT2D eigenvalue weighted by molar-refractivity contribution is -0.125. The van der Waals surface area contributed by atoms with Gasteiger partial charge in [0.05, 0.1) is 11.5 Å². The number of sulfonamides is 1. The average Bonchev–Trinajstić information content (AvgIpc) is 3.37. The van der Waals surface area contributed by atoms with E-state index in [1.54, 1.807) is 24.3 Å². The number of thiophene rings is 1. The van der Waals surface area contributed by atoms with E-state index in [0.717, 1.165) is 12.0 Å². The summed E-state index contributed by atoms with van der Waals surface area (Å²) in [6, 6.07) is 11.6. The molecule has 1 atom stereocenters. The zero-order valence-electron chi connectivity index (χ0n) is 22.0. The van der Waals surface area contributed by atoms with E-state index in [2.05, 4.69) is 41.8 Å². The fourth-order valence-corrected chi connectivity index (χ4v) is 7.16. The maximum Gasteiger partial charge on any atom is 0.245 e. The van der Waals surface area contributed by atoms with Crippen LogP contribution in [0.1, 0.15) is 48.6 Å². The summed E-state index contributed by atoms with van der Waals surface area (Å²) in [7, 11) is 2.31. The van der Waals surface area contributed by atoms with Gasteiger partial charge in [0.2, 0.25) is 15.9 Å². The molecule has 3 rings (SSSR count). The Kier molecular flexibility index (Phi) is 10.9. The first-order valence-corrected chi connectivity index (χ1v) is 15.1. The molecule has 1 aliphatic rings. The van der Waals surface area contributed by atoms with Crippen molar-refractivity contribution >= 4 is 27.3 Å². The number of benzene rings is 1. The third-order valence-corrected chi connectivity index (χ3v) is 9.93. The SMILES string of the molecule is Cc1ccc(S(=O)(=O)N(C)CCOCC(=O)NCCC2CCC(C(c3cccs3)N(C)C)CC2)cc1. The van der Waals surface area contributed by atoms with Crippen LogP contribution in [-0.4, -0.2) is 71.0 Å². The Balaban J connectivity index is 1.29. The molecule has 200 valence electrons. The van der Waals surface area contributed by atoms with Gasteiger partial charge in [0.15, 0.2) is 0 Å². The van der Waals surface area contributed by atoms with Crippen molar-refractivity contribution in [2.75, 3.05) is 47.4 Å². The summed E-state index contributed by atoms with van der Waals surface area (Å²) < 4.78 is 31.9. The van der Waals surface area contributed by atoms with E-state index >= 15 is 0 Å². The van der Waals surface area contributed by atoms with Crippen molar-refractivity contribution in [1.82, 2.24) is 14.5 Å². The van der Waals surface area contributed by atoms with Gasteiger partial charge in [-0.05, 0) is 75.7 Å². The summed E-state index contributed by atoms with van der Waals surface area (Å²) >= 11 is 1.85. The van der Waals surface area contributed by atoms with Gasteiger partial charge in [-0.25, -0.2) is 8.42 Å². The van der Waals surface area contributed by atoms with Crippen molar-refractivity contribution in [2.45, 2.75) is 50.0 Å². The lowest BCUT2D eigenvalue weighted by Gasteiger charge is -2.37. The first kappa shape index (κ1) is 28.8. The van der Waals surface area contributed by atoms with E-state index < -0.39 is 10.0 Å². The third kappa shape index (κ3) is 8.11. The molecular weight excluding hydrogens is 494 g/mol. The van der Waals surface area contributed by atoms with Crippen LogP contribution >= 0.6 is 11.3 Å². The number of ether oxygens (including phenoxy) is 1. The molecule has 9 heteroatoms. The number of aryl methyl sites for hydroxylation is 1. The molecule has 1 aliphatic carbocycles. The Bertz CT molecular complexity index is 1030.